The van der Waals surface area contributed by atoms with E-state index >= 15 is 0 Å². The zero-order valence-corrected chi connectivity index (χ0v) is 14.1. The van der Waals surface area contributed by atoms with Crippen molar-refractivity contribution in [2.45, 2.75) is 48.7 Å². The number of aliphatic hydroxyl groups excluding tert-OH is 1. The van der Waals surface area contributed by atoms with E-state index in [0.717, 1.165) is 12.8 Å². The van der Waals surface area contributed by atoms with E-state index in [1.807, 2.05) is 18.7 Å². The van der Waals surface area contributed by atoms with Gasteiger partial charge < -0.3 is 5.11 Å². The fraction of sp³-hybridized carbons (Fsp3) is 0.450. The molecular weight excluding hydrogens is 304 g/mol. The second kappa shape index (κ2) is 5.95. The van der Waals surface area contributed by atoms with Gasteiger partial charge in [-0.1, -0.05) is 49.4 Å². The van der Waals surface area contributed by atoms with E-state index in [1.54, 1.807) is 0 Å². The van der Waals surface area contributed by atoms with E-state index in [9.17, 15) is 9.90 Å². The van der Waals surface area contributed by atoms with Crippen LogP contribution in [0.1, 0.15) is 37.7 Å². The number of benzene rings is 2. The number of carbonyl (C=O) groups is 1. The molecule has 2 bridgehead atoms. The van der Waals surface area contributed by atoms with Gasteiger partial charge in [-0.05, 0) is 35.1 Å². The van der Waals surface area contributed by atoms with Crippen LogP contribution in [0.3, 0.4) is 0 Å². The predicted molar refractivity (Wildman–Crippen MR) is 95.9 cm³/mol. The molecule has 2 saturated heterocycles. The van der Waals surface area contributed by atoms with Crippen LogP contribution >= 0.6 is 11.8 Å². The lowest BCUT2D eigenvalue weighted by atomic mass is 9.78. The van der Waals surface area contributed by atoms with Gasteiger partial charge in [0, 0.05) is 22.8 Å². The Hall–Kier alpha value is -1.32. The smallest absolute Gasteiger partial charge is 0.137 e. The molecule has 0 amide bonds. The Morgan fingerprint density at radius 2 is 1.96 bits per heavy atom. The zero-order chi connectivity index (χ0) is 16.0. The third-order valence-corrected chi connectivity index (χ3v) is 7.15. The van der Waals surface area contributed by atoms with Crippen LogP contribution in [0, 0.1) is 5.92 Å². The Morgan fingerprint density at radius 3 is 2.74 bits per heavy atom. The highest BCUT2D eigenvalue weighted by Crippen LogP contribution is 2.53. The molecule has 3 heteroatoms. The highest BCUT2D eigenvalue weighted by molar-refractivity contribution is 8.00. The molecule has 2 aliphatic rings. The maximum atomic E-state index is 12.6. The molecular formula is C20H22O2S. The van der Waals surface area contributed by atoms with Crippen molar-refractivity contribution in [2.24, 2.45) is 5.92 Å². The minimum atomic E-state index is -0.323. The van der Waals surface area contributed by atoms with E-state index in [2.05, 4.69) is 42.5 Å². The third kappa shape index (κ3) is 2.60. The van der Waals surface area contributed by atoms with Crippen LogP contribution in [0.2, 0.25) is 0 Å². The molecule has 2 nitrogen and oxygen atoms in total. The lowest BCUT2D eigenvalue weighted by Gasteiger charge is -2.36. The van der Waals surface area contributed by atoms with Crippen molar-refractivity contribution < 1.29 is 9.90 Å². The molecule has 1 N–H and O–H groups in total. The molecule has 2 aromatic rings. The van der Waals surface area contributed by atoms with Crippen molar-refractivity contribution in [3.8, 4) is 0 Å². The maximum absolute atomic E-state index is 12.6. The summed E-state index contributed by atoms with van der Waals surface area (Å²) in [5, 5.41) is 13.4. The summed E-state index contributed by atoms with van der Waals surface area (Å²) in [6.07, 6.45) is 2.08. The summed E-state index contributed by atoms with van der Waals surface area (Å²) in [6.45, 7) is 1.94. The van der Waals surface area contributed by atoms with Crippen molar-refractivity contribution in [3.63, 3.8) is 0 Å². The largest absolute Gasteiger partial charge is 0.392 e. The quantitative estimate of drug-likeness (QED) is 0.920. The monoisotopic (exact) mass is 326 g/mol. The summed E-state index contributed by atoms with van der Waals surface area (Å²) >= 11 is 1.84. The first-order valence-corrected chi connectivity index (χ1v) is 9.46. The normalized spacial score (nSPS) is 33.0. The number of hydrogen-bond donors (Lipinski definition) is 1. The van der Waals surface area contributed by atoms with Crippen LogP contribution in [0.5, 0.6) is 0 Å². The van der Waals surface area contributed by atoms with E-state index in [0.29, 0.717) is 17.5 Å². The molecule has 23 heavy (non-hydrogen) atoms. The SMILES string of the molecule is CCC(=O)[C@@H]1[C@@H]2SC(CC2O)C[C@H]1c1ccc2ccccc2c1. The van der Waals surface area contributed by atoms with Gasteiger partial charge in [0.1, 0.15) is 5.78 Å². The number of hydrogen-bond acceptors (Lipinski definition) is 3. The van der Waals surface area contributed by atoms with Gasteiger partial charge >= 0.3 is 0 Å². The molecule has 0 spiro atoms. The highest BCUT2D eigenvalue weighted by Gasteiger charge is 2.50. The first kappa shape index (κ1) is 15.2. The number of fused-ring (bicyclic) bond motifs is 3. The Labute approximate surface area is 141 Å². The fourth-order valence-electron chi connectivity index (χ4n) is 4.33. The second-order valence-corrected chi connectivity index (χ2v) is 8.30. The van der Waals surface area contributed by atoms with Crippen LogP contribution in [0.25, 0.3) is 10.8 Å². The van der Waals surface area contributed by atoms with Gasteiger partial charge in [-0.2, -0.15) is 11.8 Å². The fourth-order valence-corrected chi connectivity index (χ4v) is 6.21. The van der Waals surface area contributed by atoms with Crippen LogP contribution in [0.15, 0.2) is 42.5 Å². The number of Topliss-reactive ketones (excluding diaryl/α,β-unsaturated/α-hetero) is 1. The first-order valence-electron chi connectivity index (χ1n) is 8.52. The number of carbonyl (C=O) groups excluding carboxylic acids is 1. The summed E-state index contributed by atoms with van der Waals surface area (Å²) in [6, 6.07) is 15.0. The maximum Gasteiger partial charge on any atom is 0.137 e. The van der Waals surface area contributed by atoms with E-state index in [1.165, 1.54) is 16.3 Å². The molecule has 0 saturated carbocycles. The Balaban J connectivity index is 1.76. The van der Waals surface area contributed by atoms with Crippen molar-refractivity contribution in [1.29, 1.82) is 0 Å². The molecule has 0 aromatic heterocycles. The van der Waals surface area contributed by atoms with Crippen LogP contribution in [-0.2, 0) is 4.79 Å². The molecule has 2 unspecified atom stereocenters. The minimum Gasteiger partial charge on any atom is -0.392 e. The molecule has 2 heterocycles. The van der Waals surface area contributed by atoms with Gasteiger partial charge in [0.15, 0.2) is 0 Å². The minimum absolute atomic E-state index is 0.0417. The van der Waals surface area contributed by atoms with E-state index in [4.69, 9.17) is 0 Å². The zero-order valence-electron chi connectivity index (χ0n) is 13.3. The van der Waals surface area contributed by atoms with Gasteiger partial charge in [0.2, 0.25) is 0 Å². The van der Waals surface area contributed by atoms with Gasteiger partial charge in [-0.15, -0.1) is 0 Å². The Kier molecular flexibility index (Phi) is 3.94. The standard InChI is InChI=1S/C20H22O2S/c1-2-17(21)19-16(10-15-11-18(22)20(19)23-15)14-8-7-12-5-3-4-6-13(12)9-14/h3-9,15-16,18-20,22H,2,10-11H2,1H3/t15?,16-,18?,19+,20+/m0/s1. The molecule has 2 fully saturated rings. The average molecular weight is 326 g/mol. The summed E-state index contributed by atoms with van der Waals surface area (Å²) in [5.41, 5.74) is 1.26. The van der Waals surface area contributed by atoms with E-state index < -0.39 is 0 Å². The Morgan fingerprint density at radius 1 is 1.17 bits per heavy atom. The van der Waals surface area contributed by atoms with Gasteiger partial charge in [0.25, 0.3) is 0 Å². The first-order chi connectivity index (χ1) is 11.2. The molecule has 0 aliphatic carbocycles. The molecule has 120 valence electrons. The lowest BCUT2D eigenvalue weighted by Crippen LogP contribution is -2.37. The number of aliphatic hydroxyl groups is 1. The van der Waals surface area contributed by atoms with Crippen molar-refractivity contribution in [1.82, 2.24) is 0 Å². The topological polar surface area (TPSA) is 37.3 Å². The van der Waals surface area contributed by atoms with Gasteiger partial charge in [-0.25, -0.2) is 0 Å². The van der Waals surface area contributed by atoms with E-state index in [-0.39, 0.29) is 23.2 Å². The second-order valence-electron chi connectivity index (χ2n) is 6.82. The Bertz CT molecular complexity index is 741. The number of thioether (sulfide) groups is 1. The molecule has 0 radical (unpaired) electrons. The molecule has 2 aliphatic heterocycles. The summed E-state index contributed by atoms with van der Waals surface area (Å²) in [5.74, 6) is 0.514. The van der Waals surface area contributed by atoms with Crippen molar-refractivity contribution in [3.05, 3.63) is 48.0 Å². The summed E-state index contributed by atoms with van der Waals surface area (Å²) in [7, 11) is 0. The number of rotatable bonds is 3. The third-order valence-electron chi connectivity index (χ3n) is 5.46. The molecule has 4 rings (SSSR count). The van der Waals surface area contributed by atoms with Crippen LogP contribution in [0.4, 0.5) is 0 Å². The predicted octanol–water partition coefficient (Wildman–Crippen LogP) is 4.16. The van der Waals surface area contributed by atoms with Crippen LogP contribution < -0.4 is 0 Å². The van der Waals surface area contributed by atoms with Crippen molar-refractivity contribution in [2.75, 3.05) is 0 Å². The van der Waals surface area contributed by atoms with Crippen LogP contribution in [-0.4, -0.2) is 27.5 Å². The number of ketones is 1. The summed E-state index contributed by atoms with van der Waals surface area (Å²) < 4.78 is 0. The van der Waals surface area contributed by atoms with Gasteiger partial charge in [0.05, 0.1) is 6.10 Å². The summed E-state index contributed by atoms with van der Waals surface area (Å²) in [4.78, 5) is 12.6. The highest BCUT2D eigenvalue weighted by atomic mass is 32.2. The lowest BCUT2D eigenvalue weighted by molar-refractivity contribution is -0.123. The van der Waals surface area contributed by atoms with Gasteiger partial charge in [-0.3, -0.25) is 4.79 Å². The average Bonchev–Trinajstić information content (AvgIpc) is 2.88. The molecule has 5 atom stereocenters. The molecule has 2 aromatic carbocycles. The van der Waals surface area contributed by atoms with Crippen molar-refractivity contribution >= 4 is 28.3 Å².